The van der Waals surface area contributed by atoms with E-state index in [2.05, 4.69) is 15.4 Å². The van der Waals surface area contributed by atoms with Gasteiger partial charge >= 0.3 is 0 Å². The van der Waals surface area contributed by atoms with Gasteiger partial charge in [0.1, 0.15) is 12.7 Å². The second-order valence-electron chi connectivity index (χ2n) is 4.90. The first-order valence-electron chi connectivity index (χ1n) is 6.17. The largest absolute Gasteiger partial charge is 0.324 e. The van der Waals surface area contributed by atoms with Crippen LogP contribution in [0.5, 0.6) is 0 Å². The van der Waals surface area contributed by atoms with E-state index >= 15 is 0 Å². The Labute approximate surface area is 110 Å². The van der Waals surface area contributed by atoms with Crippen LogP contribution in [0.25, 0.3) is 0 Å². The molecule has 1 fully saturated rings. The zero-order chi connectivity index (χ0) is 13.3. The van der Waals surface area contributed by atoms with Crippen molar-refractivity contribution in [3.63, 3.8) is 0 Å². The Bertz CT molecular complexity index is 572. The summed E-state index contributed by atoms with van der Waals surface area (Å²) in [4.78, 5) is 15.7. The number of rotatable bonds is 4. The summed E-state index contributed by atoms with van der Waals surface area (Å²) < 4.78 is 1.74. The molecule has 0 saturated heterocycles. The molecule has 1 aliphatic carbocycles. The molecule has 0 bridgehead atoms. The van der Waals surface area contributed by atoms with Gasteiger partial charge in [0.05, 0.1) is 12.1 Å². The number of aromatic nitrogens is 3. The number of amides is 1. The van der Waals surface area contributed by atoms with Gasteiger partial charge in [-0.05, 0) is 30.5 Å². The van der Waals surface area contributed by atoms with Crippen molar-refractivity contribution in [2.45, 2.75) is 24.9 Å². The number of hydrogen-bond donors (Lipinski definition) is 2. The lowest BCUT2D eigenvalue weighted by Crippen LogP contribution is -2.37. The fraction of sp³-hybridized carbons (Fsp3) is 0.308. The molecule has 1 amide bonds. The molecular weight excluding hydrogens is 242 g/mol. The van der Waals surface area contributed by atoms with E-state index in [1.165, 1.54) is 6.33 Å². The maximum Gasteiger partial charge on any atom is 0.244 e. The van der Waals surface area contributed by atoms with Crippen LogP contribution in [0.2, 0.25) is 0 Å². The first-order chi connectivity index (χ1) is 9.16. The van der Waals surface area contributed by atoms with Crippen LogP contribution in [0.4, 0.5) is 5.69 Å². The van der Waals surface area contributed by atoms with E-state index in [4.69, 9.17) is 5.73 Å². The molecule has 0 aliphatic heterocycles. The van der Waals surface area contributed by atoms with E-state index in [0.29, 0.717) is 6.54 Å². The summed E-state index contributed by atoms with van der Waals surface area (Å²) in [5.41, 5.74) is 7.05. The van der Waals surface area contributed by atoms with Crippen LogP contribution in [0.1, 0.15) is 18.4 Å². The van der Waals surface area contributed by atoms with E-state index in [1.54, 1.807) is 11.0 Å². The standard InChI is InChI=1S/C13H15N5O/c14-13(5-6-13)12(19)17-11-3-1-10(2-4-11)7-18-9-15-8-16-18/h1-4,8-9H,5-7,14H2,(H,17,19). The second kappa shape index (κ2) is 4.47. The molecule has 3 rings (SSSR count). The number of carbonyl (C=O) groups is 1. The van der Waals surface area contributed by atoms with E-state index in [1.807, 2.05) is 24.3 Å². The SMILES string of the molecule is NC1(C(=O)Nc2ccc(Cn3cncn3)cc2)CC1. The molecule has 2 aromatic rings. The van der Waals surface area contributed by atoms with E-state index in [-0.39, 0.29) is 5.91 Å². The Morgan fingerprint density at radius 2 is 2.11 bits per heavy atom. The van der Waals surface area contributed by atoms with Crippen LogP contribution in [-0.4, -0.2) is 26.2 Å². The number of nitrogens with two attached hydrogens (primary N) is 1. The fourth-order valence-electron chi connectivity index (χ4n) is 1.81. The lowest BCUT2D eigenvalue weighted by atomic mass is 10.2. The molecule has 1 heterocycles. The first-order valence-corrected chi connectivity index (χ1v) is 6.17. The van der Waals surface area contributed by atoms with Gasteiger partial charge in [-0.2, -0.15) is 5.10 Å². The van der Waals surface area contributed by atoms with Crippen molar-refractivity contribution in [1.29, 1.82) is 0 Å². The van der Waals surface area contributed by atoms with Crippen molar-refractivity contribution < 1.29 is 4.79 Å². The lowest BCUT2D eigenvalue weighted by Gasteiger charge is -2.10. The quantitative estimate of drug-likeness (QED) is 0.846. The predicted octanol–water partition coefficient (Wildman–Crippen LogP) is 0.756. The van der Waals surface area contributed by atoms with Gasteiger partial charge in [0.2, 0.25) is 5.91 Å². The maximum atomic E-state index is 11.8. The molecular formula is C13H15N5O. The number of nitrogens with zero attached hydrogens (tertiary/aromatic N) is 3. The van der Waals surface area contributed by atoms with Gasteiger partial charge in [0.25, 0.3) is 0 Å². The Balaban J connectivity index is 1.64. The molecule has 1 aromatic carbocycles. The minimum Gasteiger partial charge on any atom is -0.324 e. The molecule has 1 aromatic heterocycles. The van der Waals surface area contributed by atoms with Gasteiger partial charge in [0, 0.05) is 5.69 Å². The molecule has 0 spiro atoms. The Kier molecular flexibility index (Phi) is 2.79. The predicted molar refractivity (Wildman–Crippen MR) is 70.3 cm³/mol. The summed E-state index contributed by atoms with van der Waals surface area (Å²) in [6, 6.07) is 7.65. The van der Waals surface area contributed by atoms with Crippen LogP contribution >= 0.6 is 0 Å². The van der Waals surface area contributed by atoms with Crippen molar-refractivity contribution in [3.8, 4) is 0 Å². The number of carbonyl (C=O) groups excluding carboxylic acids is 1. The lowest BCUT2D eigenvalue weighted by molar-refractivity contribution is -0.118. The van der Waals surface area contributed by atoms with Gasteiger partial charge in [0.15, 0.2) is 0 Å². The highest BCUT2D eigenvalue weighted by Crippen LogP contribution is 2.33. The van der Waals surface area contributed by atoms with Gasteiger partial charge < -0.3 is 11.1 Å². The summed E-state index contributed by atoms with van der Waals surface area (Å²) >= 11 is 0. The monoisotopic (exact) mass is 257 g/mol. The molecule has 6 heteroatoms. The molecule has 19 heavy (non-hydrogen) atoms. The van der Waals surface area contributed by atoms with Crippen molar-refractivity contribution >= 4 is 11.6 Å². The smallest absolute Gasteiger partial charge is 0.244 e. The van der Waals surface area contributed by atoms with E-state index in [9.17, 15) is 4.79 Å². The van der Waals surface area contributed by atoms with Crippen LogP contribution in [-0.2, 0) is 11.3 Å². The van der Waals surface area contributed by atoms with Crippen LogP contribution < -0.4 is 11.1 Å². The van der Waals surface area contributed by atoms with E-state index in [0.717, 1.165) is 24.1 Å². The van der Waals surface area contributed by atoms with Crippen molar-refractivity contribution in [3.05, 3.63) is 42.5 Å². The van der Waals surface area contributed by atoms with Crippen molar-refractivity contribution in [1.82, 2.24) is 14.8 Å². The van der Waals surface area contributed by atoms with Crippen LogP contribution in [0.3, 0.4) is 0 Å². The number of hydrogen-bond acceptors (Lipinski definition) is 4. The van der Waals surface area contributed by atoms with E-state index < -0.39 is 5.54 Å². The highest BCUT2D eigenvalue weighted by Gasteiger charge is 2.45. The third-order valence-electron chi connectivity index (χ3n) is 3.26. The van der Waals surface area contributed by atoms with Crippen LogP contribution in [0.15, 0.2) is 36.9 Å². The molecule has 98 valence electrons. The molecule has 1 saturated carbocycles. The highest BCUT2D eigenvalue weighted by atomic mass is 16.2. The first kappa shape index (κ1) is 11.9. The second-order valence-corrected chi connectivity index (χ2v) is 4.90. The third kappa shape index (κ3) is 2.63. The number of nitrogens with one attached hydrogen (secondary N) is 1. The average molecular weight is 257 g/mol. The fourth-order valence-corrected chi connectivity index (χ4v) is 1.81. The Morgan fingerprint density at radius 1 is 1.37 bits per heavy atom. The normalized spacial score (nSPS) is 16.1. The zero-order valence-corrected chi connectivity index (χ0v) is 10.4. The number of anilines is 1. The van der Waals surface area contributed by atoms with Gasteiger partial charge in [-0.25, -0.2) is 9.67 Å². The summed E-state index contributed by atoms with van der Waals surface area (Å²) in [6.07, 6.45) is 4.71. The Morgan fingerprint density at radius 3 is 2.68 bits per heavy atom. The molecule has 0 unspecified atom stereocenters. The van der Waals surface area contributed by atoms with Crippen LogP contribution in [0, 0.1) is 0 Å². The molecule has 3 N–H and O–H groups in total. The minimum absolute atomic E-state index is 0.100. The van der Waals surface area contributed by atoms with Gasteiger partial charge in [-0.3, -0.25) is 4.79 Å². The highest BCUT2D eigenvalue weighted by molar-refractivity contribution is 6.00. The summed E-state index contributed by atoms with van der Waals surface area (Å²) in [6.45, 7) is 0.662. The Hall–Kier alpha value is -2.21. The summed E-state index contributed by atoms with van der Waals surface area (Å²) in [7, 11) is 0. The third-order valence-corrected chi connectivity index (χ3v) is 3.26. The summed E-state index contributed by atoms with van der Waals surface area (Å²) in [5, 5.41) is 6.87. The summed E-state index contributed by atoms with van der Waals surface area (Å²) in [5.74, 6) is -0.100. The average Bonchev–Trinajstić information content (AvgIpc) is 2.96. The van der Waals surface area contributed by atoms with Gasteiger partial charge in [-0.1, -0.05) is 12.1 Å². The zero-order valence-electron chi connectivity index (χ0n) is 10.4. The minimum atomic E-state index is -0.639. The maximum absolute atomic E-state index is 11.8. The molecule has 1 aliphatic rings. The topological polar surface area (TPSA) is 85.8 Å². The van der Waals surface area contributed by atoms with Crippen molar-refractivity contribution in [2.24, 2.45) is 5.73 Å². The molecule has 0 atom stereocenters. The number of benzene rings is 1. The molecule has 0 radical (unpaired) electrons. The molecule has 6 nitrogen and oxygen atoms in total. The van der Waals surface area contributed by atoms with Crippen molar-refractivity contribution in [2.75, 3.05) is 5.32 Å². The van der Waals surface area contributed by atoms with Gasteiger partial charge in [-0.15, -0.1) is 0 Å².